The zero-order valence-electron chi connectivity index (χ0n) is 13.5. The van der Waals surface area contributed by atoms with E-state index in [0.717, 1.165) is 21.2 Å². The molecule has 0 atom stereocenters. The van der Waals surface area contributed by atoms with Crippen molar-refractivity contribution in [3.63, 3.8) is 0 Å². The summed E-state index contributed by atoms with van der Waals surface area (Å²) in [7, 11) is -3.78. The van der Waals surface area contributed by atoms with Crippen molar-refractivity contribution in [3.8, 4) is 11.1 Å². The molecule has 2 heterocycles. The smallest absolute Gasteiger partial charge is 0.267 e. The van der Waals surface area contributed by atoms with Crippen LogP contribution < -0.4 is 5.48 Å². The van der Waals surface area contributed by atoms with E-state index in [0.29, 0.717) is 5.56 Å². The van der Waals surface area contributed by atoms with Crippen LogP contribution in [-0.4, -0.2) is 28.5 Å². The number of carbonyl (C=O) groups is 1. The molecule has 7 nitrogen and oxygen atoms in total. The number of amides is 1. The third kappa shape index (κ3) is 3.71. The second kappa shape index (κ2) is 7.34. The first-order valence-corrected chi connectivity index (χ1v) is 9.01. The van der Waals surface area contributed by atoms with Crippen LogP contribution in [0.2, 0.25) is 0 Å². The minimum Gasteiger partial charge on any atom is -0.288 e. The van der Waals surface area contributed by atoms with Gasteiger partial charge in [-0.2, -0.15) is 0 Å². The highest BCUT2D eigenvalue weighted by Gasteiger charge is 2.17. The van der Waals surface area contributed by atoms with Crippen molar-refractivity contribution in [1.29, 1.82) is 0 Å². The highest BCUT2D eigenvalue weighted by atomic mass is 32.2. The maximum Gasteiger partial charge on any atom is 0.267 e. The molecule has 26 heavy (non-hydrogen) atoms. The molecule has 0 fully saturated rings. The van der Waals surface area contributed by atoms with Crippen LogP contribution in [0.1, 0.15) is 5.56 Å². The molecule has 1 amide bonds. The quantitative estimate of drug-likeness (QED) is 0.408. The third-order valence-corrected chi connectivity index (χ3v) is 5.28. The van der Waals surface area contributed by atoms with Gasteiger partial charge in [0.15, 0.2) is 0 Å². The number of hydrogen-bond donors (Lipinski definition) is 2. The Labute approximate surface area is 150 Å². The molecule has 2 aromatic heterocycles. The molecule has 0 saturated heterocycles. The highest BCUT2D eigenvalue weighted by molar-refractivity contribution is 7.90. The van der Waals surface area contributed by atoms with Crippen molar-refractivity contribution < 1.29 is 18.4 Å². The SMILES string of the molecule is O=C(/C=C/c1ccn(S(=O)(=O)c2cccc(-c3ccncc3)c2)c1)NO. The Morgan fingerprint density at radius 3 is 2.62 bits per heavy atom. The van der Waals surface area contributed by atoms with Crippen molar-refractivity contribution in [3.05, 3.63) is 78.9 Å². The third-order valence-electron chi connectivity index (χ3n) is 3.65. The van der Waals surface area contributed by atoms with E-state index >= 15 is 0 Å². The van der Waals surface area contributed by atoms with Crippen LogP contribution in [0.25, 0.3) is 17.2 Å². The van der Waals surface area contributed by atoms with Crippen LogP contribution in [-0.2, 0) is 14.8 Å². The van der Waals surface area contributed by atoms with Crippen LogP contribution in [0, 0.1) is 0 Å². The van der Waals surface area contributed by atoms with Gasteiger partial charge in [-0.25, -0.2) is 17.9 Å². The molecule has 0 unspecified atom stereocenters. The number of rotatable bonds is 5. The number of aromatic nitrogens is 2. The first-order chi connectivity index (χ1) is 12.5. The molecule has 132 valence electrons. The Bertz CT molecular complexity index is 1060. The topological polar surface area (TPSA) is 101 Å². The molecule has 3 aromatic rings. The fourth-order valence-corrected chi connectivity index (χ4v) is 3.60. The fraction of sp³-hybridized carbons (Fsp3) is 0. The van der Waals surface area contributed by atoms with Crippen LogP contribution in [0.4, 0.5) is 0 Å². The van der Waals surface area contributed by atoms with E-state index in [1.807, 2.05) is 6.07 Å². The average Bonchev–Trinajstić information content (AvgIpc) is 3.17. The molecular formula is C18H15N3O4S. The maximum absolute atomic E-state index is 12.8. The summed E-state index contributed by atoms with van der Waals surface area (Å²) in [4.78, 5) is 15.1. The maximum atomic E-state index is 12.8. The normalized spacial score (nSPS) is 11.6. The highest BCUT2D eigenvalue weighted by Crippen LogP contribution is 2.23. The molecule has 0 saturated carbocycles. The number of carbonyl (C=O) groups excluding carboxylic acids is 1. The summed E-state index contributed by atoms with van der Waals surface area (Å²) in [5.74, 6) is -0.703. The average molecular weight is 369 g/mol. The Morgan fingerprint density at radius 2 is 1.88 bits per heavy atom. The zero-order chi connectivity index (χ0) is 18.6. The van der Waals surface area contributed by atoms with Crippen molar-refractivity contribution >= 4 is 22.0 Å². The van der Waals surface area contributed by atoms with E-state index < -0.39 is 15.9 Å². The molecule has 2 N–H and O–H groups in total. The van der Waals surface area contributed by atoms with Crippen LogP contribution >= 0.6 is 0 Å². The van der Waals surface area contributed by atoms with Gasteiger partial charge in [-0.15, -0.1) is 0 Å². The number of hydrogen-bond acceptors (Lipinski definition) is 5. The monoisotopic (exact) mass is 369 g/mol. The van der Waals surface area contributed by atoms with E-state index in [1.165, 1.54) is 30.0 Å². The Morgan fingerprint density at radius 1 is 1.12 bits per heavy atom. The predicted octanol–water partition coefficient (Wildman–Crippen LogP) is 2.31. The zero-order valence-corrected chi connectivity index (χ0v) is 14.3. The van der Waals surface area contributed by atoms with Gasteiger partial charge in [0.1, 0.15) is 0 Å². The van der Waals surface area contributed by atoms with E-state index in [-0.39, 0.29) is 4.90 Å². The Balaban J connectivity index is 1.93. The van der Waals surface area contributed by atoms with E-state index in [4.69, 9.17) is 5.21 Å². The lowest BCUT2D eigenvalue weighted by molar-refractivity contribution is -0.124. The number of pyridine rings is 1. The lowest BCUT2D eigenvalue weighted by Crippen LogP contribution is -2.14. The lowest BCUT2D eigenvalue weighted by atomic mass is 10.1. The van der Waals surface area contributed by atoms with Crippen molar-refractivity contribution in [2.75, 3.05) is 0 Å². The summed E-state index contributed by atoms with van der Waals surface area (Å²) in [5.41, 5.74) is 3.60. The Hall–Kier alpha value is -3.23. The van der Waals surface area contributed by atoms with Gasteiger partial charge in [-0.05, 0) is 53.1 Å². The van der Waals surface area contributed by atoms with Gasteiger partial charge >= 0.3 is 0 Å². The van der Waals surface area contributed by atoms with Crippen molar-refractivity contribution in [1.82, 2.24) is 14.4 Å². The first-order valence-electron chi connectivity index (χ1n) is 7.57. The molecule has 0 aliphatic carbocycles. The van der Waals surface area contributed by atoms with Crippen molar-refractivity contribution in [2.45, 2.75) is 4.90 Å². The summed E-state index contributed by atoms with van der Waals surface area (Å²) in [6.45, 7) is 0. The molecule has 0 radical (unpaired) electrons. The fourth-order valence-electron chi connectivity index (χ4n) is 2.35. The molecule has 0 bridgehead atoms. The van der Waals surface area contributed by atoms with Crippen LogP contribution in [0.5, 0.6) is 0 Å². The Kier molecular flexibility index (Phi) is 4.97. The second-order valence-electron chi connectivity index (χ2n) is 5.35. The molecule has 0 spiro atoms. The van der Waals surface area contributed by atoms with Crippen LogP contribution in [0.3, 0.4) is 0 Å². The summed E-state index contributed by atoms with van der Waals surface area (Å²) >= 11 is 0. The van der Waals surface area contributed by atoms with Gasteiger partial charge in [0.05, 0.1) is 4.90 Å². The second-order valence-corrected chi connectivity index (χ2v) is 7.20. The van der Waals surface area contributed by atoms with E-state index in [9.17, 15) is 13.2 Å². The summed E-state index contributed by atoms with van der Waals surface area (Å²) in [6, 6.07) is 11.8. The molecular weight excluding hydrogens is 354 g/mol. The molecule has 0 aliphatic rings. The predicted molar refractivity (Wildman–Crippen MR) is 95.7 cm³/mol. The molecule has 1 aromatic carbocycles. The van der Waals surface area contributed by atoms with Gasteiger partial charge in [-0.1, -0.05) is 12.1 Å². The minimum absolute atomic E-state index is 0.144. The van der Waals surface area contributed by atoms with Crippen LogP contribution in [0.15, 0.2) is 78.2 Å². The number of nitrogens with one attached hydrogen (secondary N) is 1. The largest absolute Gasteiger partial charge is 0.288 e. The van der Waals surface area contributed by atoms with Gasteiger partial charge in [0.25, 0.3) is 15.9 Å². The molecule has 0 aliphatic heterocycles. The number of hydroxylamine groups is 1. The molecule has 3 rings (SSSR count). The standard InChI is InChI=1S/C18H15N3O4S/c22-18(20-23)5-4-14-8-11-21(13-14)26(24,25)17-3-1-2-16(12-17)15-6-9-19-10-7-15/h1-13,23H,(H,20,22)/b5-4+. The van der Waals surface area contributed by atoms with Crippen molar-refractivity contribution in [2.24, 2.45) is 0 Å². The minimum atomic E-state index is -3.78. The van der Waals surface area contributed by atoms with E-state index in [1.54, 1.807) is 42.7 Å². The molecule has 8 heteroatoms. The van der Waals surface area contributed by atoms with Gasteiger partial charge in [0, 0.05) is 30.9 Å². The van der Waals surface area contributed by atoms with Gasteiger partial charge in [0.2, 0.25) is 0 Å². The van der Waals surface area contributed by atoms with E-state index in [2.05, 4.69) is 4.98 Å². The number of nitrogens with zero attached hydrogens (tertiary/aromatic N) is 2. The lowest BCUT2D eigenvalue weighted by Gasteiger charge is -2.08. The number of benzene rings is 1. The van der Waals surface area contributed by atoms with Gasteiger partial charge < -0.3 is 0 Å². The summed E-state index contributed by atoms with van der Waals surface area (Å²) in [5, 5.41) is 8.46. The summed E-state index contributed by atoms with van der Waals surface area (Å²) in [6.07, 6.45) is 8.55. The first kappa shape index (κ1) is 17.6. The van der Waals surface area contributed by atoms with Gasteiger partial charge in [-0.3, -0.25) is 15.0 Å². The summed E-state index contributed by atoms with van der Waals surface area (Å²) < 4.78 is 26.7.